The number of rotatable bonds is 5. The summed E-state index contributed by atoms with van der Waals surface area (Å²) in [5, 5.41) is 6.23. The van der Waals surface area contributed by atoms with Crippen LogP contribution in [0.15, 0.2) is 78.9 Å². The van der Waals surface area contributed by atoms with Crippen LogP contribution in [0.4, 0.5) is 11.4 Å². The van der Waals surface area contributed by atoms with Crippen molar-refractivity contribution >= 4 is 34.8 Å². The summed E-state index contributed by atoms with van der Waals surface area (Å²) in [6.45, 7) is 0. The molecule has 0 heterocycles. The fraction of sp³-hybridized carbons (Fsp3) is 0.0476. The van der Waals surface area contributed by atoms with Crippen molar-refractivity contribution in [1.29, 1.82) is 0 Å². The highest BCUT2D eigenvalue weighted by Crippen LogP contribution is 2.16. The number of halogens is 1. The second-order valence-electron chi connectivity index (χ2n) is 5.75. The molecule has 3 rings (SSSR count). The van der Waals surface area contributed by atoms with E-state index in [2.05, 4.69) is 10.6 Å². The van der Waals surface area contributed by atoms with E-state index in [4.69, 9.17) is 11.6 Å². The van der Waals surface area contributed by atoms with Crippen LogP contribution in [-0.4, -0.2) is 11.8 Å². The van der Waals surface area contributed by atoms with Crippen LogP contribution in [0.5, 0.6) is 0 Å². The molecule has 0 atom stereocenters. The first kappa shape index (κ1) is 17.7. The third-order valence-corrected chi connectivity index (χ3v) is 3.99. The fourth-order valence-corrected chi connectivity index (χ4v) is 2.55. The van der Waals surface area contributed by atoms with Crippen LogP contribution in [-0.2, 0) is 11.2 Å². The van der Waals surface area contributed by atoms with Gasteiger partial charge < -0.3 is 10.6 Å². The molecule has 0 fully saturated rings. The summed E-state index contributed by atoms with van der Waals surface area (Å²) in [6.07, 6.45) is 0.305. The molecule has 0 spiro atoms. The van der Waals surface area contributed by atoms with Crippen molar-refractivity contribution in [2.75, 3.05) is 10.6 Å². The molecule has 0 saturated carbocycles. The summed E-state index contributed by atoms with van der Waals surface area (Å²) >= 11 is 5.83. The Hall–Kier alpha value is -3.11. The van der Waals surface area contributed by atoms with Gasteiger partial charge in [-0.15, -0.1) is 0 Å². The van der Waals surface area contributed by atoms with Crippen molar-refractivity contribution in [3.05, 3.63) is 95.0 Å². The number of hydrogen-bond donors (Lipinski definition) is 2. The van der Waals surface area contributed by atoms with E-state index in [1.807, 2.05) is 30.3 Å². The van der Waals surface area contributed by atoms with Crippen molar-refractivity contribution < 1.29 is 9.59 Å². The number of anilines is 2. The molecule has 0 radical (unpaired) electrons. The molecule has 0 aliphatic carbocycles. The number of carbonyl (C=O) groups is 2. The Bertz CT molecular complexity index is 892. The minimum atomic E-state index is -0.227. The van der Waals surface area contributed by atoms with Gasteiger partial charge in [0.15, 0.2) is 0 Å². The van der Waals surface area contributed by atoms with Gasteiger partial charge >= 0.3 is 0 Å². The smallest absolute Gasteiger partial charge is 0.255 e. The molecule has 2 N–H and O–H groups in total. The van der Waals surface area contributed by atoms with Crippen molar-refractivity contribution in [2.24, 2.45) is 0 Å². The van der Waals surface area contributed by atoms with Gasteiger partial charge in [-0.1, -0.05) is 41.9 Å². The van der Waals surface area contributed by atoms with Gasteiger partial charge in [-0.3, -0.25) is 9.59 Å². The normalized spacial score (nSPS) is 10.2. The Morgan fingerprint density at radius 2 is 1.31 bits per heavy atom. The van der Waals surface area contributed by atoms with Crippen LogP contribution in [0.1, 0.15) is 15.9 Å². The number of hydrogen-bond acceptors (Lipinski definition) is 2. The Morgan fingerprint density at radius 1 is 0.731 bits per heavy atom. The molecule has 26 heavy (non-hydrogen) atoms. The topological polar surface area (TPSA) is 58.2 Å². The van der Waals surface area contributed by atoms with Gasteiger partial charge in [0.05, 0.1) is 6.42 Å². The molecule has 3 aromatic carbocycles. The van der Waals surface area contributed by atoms with Gasteiger partial charge in [-0.25, -0.2) is 0 Å². The zero-order valence-corrected chi connectivity index (χ0v) is 14.7. The zero-order valence-electron chi connectivity index (χ0n) is 13.9. The fourth-order valence-electron chi connectivity index (χ4n) is 2.43. The second-order valence-corrected chi connectivity index (χ2v) is 6.19. The SMILES string of the molecule is O=C(Cc1ccccc1)Nc1ccc(C(=O)Nc2ccc(Cl)cc2)cc1. The molecule has 5 heteroatoms. The first-order valence-electron chi connectivity index (χ1n) is 8.11. The van der Waals surface area contributed by atoms with Crippen LogP contribution in [0.3, 0.4) is 0 Å². The van der Waals surface area contributed by atoms with E-state index in [-0.39, 0.29) is 11.8 Å². The lowest BCUT2D eigenvalue weighted by Crippen LogP contribution is -2.15. The molecule has 3 aromatic rings. The van der Waals surface area contributed by atoms with Gasteiger partial charge in [0, 0.05) is 22.0 Å². The number of amides is 2. The lowest BCUT2D eigenvalue weighted by molar-refractivity contribution is -0.115. The predicted molar refractivity (Wildman–Crippen MR) is 105 cm³/mol. The summed E-state index contributed by atoms with van der Waals surface area (Å²) in [6, 6.07) is 23.2. The summed E-state index contributed by atoms with van der Waals surface area (Å²) in [5.74, 6) is -0.330. The molecular formula is C21H17ClN2O2. The highest BCUT2D eigenvalue weighted by atomic mass is 35.5. The third kappa shape index (κ3) is 4.94. The average Bonchev–Trinajstić information content (AvgIpc) is 2.65. The molecule has 0 saturated heterocycles. The first-order chi connectivity index (χ1) is 12.6. The van der Waals surface area contributed by atoms with E-state index in [0.29, 0.717) is 28.4 Å². The number of nitrogens with one attached hydrogen (secondary N) is 2. The summed E-state index contributed by atoms with van der Waals surface area (Å²) in [5.41, 5.74) is 2.76. The Balaban J connectivity index is 1.58. The standard InChI is InChI=1S/C21H17ClN2O2/c22-17-8-12-19(13-9-17)24-21(26)16-6-10-18(11-7-16)23-20(25)14-15-4-2-1-3-5-15/h1-13H,14H2,(H,23,25)(H,24,26). The molecule has 0 aliphatic rings. The molecule has 0 bridgehead atoms. The molecule has 0 aliphatic heterocycles. The maximum absolute atomic E-state index is 12.2. The Kier molecular flexibility index (Phi) is 5.66. The highest BCUT2D eigenvalue weighted by Gasteiger charge is 2.08. The van der Waals surface area contributed by atoms with Crippen LogP contribution < -0.4 is 10.6 Å². The second kappa shape index (κ2) is 8.32. The predicted octanol–water partition coefficient (Wildman–Crippen LogP) is 4.77. The van der Waals surface area contributed by atoms with Crippen molar-refractivity contribution in [3.8, 4) is 0 Å². The van der Waals surface area contributed by atoms with Gasteiger partial charge in [0.2, 0.25) is 5.91 Å². The molecule has 0 unspecified atom stereocenters. The van der Waals surface area contributed by atoms with Gasteiger partial charge in [0.1, 0.15) is 0 Å². The molecule has 2 amide bonds. The van der Waals surface area contributed by atoms with Crippen LogP contribution in [0.25, 0.3) is 0 Å². The lowest BCUT2D eigenvalue weighted by Gasteiger charge is -2.08. The van der Waals surface area contributed by atoms with E-state index in [9.17, 15) is 9.59 Å². The van der Waals surface area contributed by atoms with Crippen LogP contribution in [0, 0.1) is 0 Å². The van der Waals surface area contributed by atoms with E-state index in [1.165, 1.54) is 0 Å². The van der Waals surface area contributed by atoms with E-state index in [1.54, 1.807) is 48.5 Å². The summed E-state index contributed by atoms with van der Waals surface area (Å²) in [7, 11) is 0. The van der Waals surface area contributed by atoms with E-state index >= 15 is 0 Å². The van der Waals surface area contributed by atoms with Crippen molar-refractivity contribution in [3.63, 3.8) is 0 Å². The monoisotopic (exact) mass is 364 g/mol. The molecule has 0 aromatic heterocycles. The number of carbonyl (C=O) groups excluding carboxylic acids is 2. The molecule has 4 nitrogen and oxygen atoms in total. The van der Waals surface area contributed by atoms with Crippen molar-refractivity contribution in [2.45, 2.75) is 6.42 Å². The van der Waals surface area contributed by atoms with Gasteiger partial charge in [0.25, 0.3) is 5.91 Å². The average molecular weight is 365 g/mol. The minimum Gasteiger partial charge on any atom is -0.326 e. The first-order valence-corrected chi connectivity index (χ1v) is 8.49. The van der Waals surface area contributed by atoms with Crippen molar-refractivity contribution in [1.82, 2.24) is 0 Å². The lowest BCUT2D eigenvalue weighted by atomic mass is 10.1. The third-order valence-electron chi connectivity index (χ3n) is 3.74. The molecular weight excluding hydrogens is 348 g/mol. The van der Waals surface area contributed by atoms with Crippen LogP contribution in [0.2, 0.25) is 5.02 Å². The van der Waals surface area contributed by atoms with Gasteiger partial charge in [-0.05, 0) is 54.1 Å². The van der Waals surface area contributed by atoms with Gasteiger partial charge in [-0.2, -0.15) is 0 Å². The quantitative estimate of drug-likeness (QED) is 0.684. The zero-order chi connectivity index (χ0) is 18.4. The maximum Gasteiger partial charge on any atom is 0.255 e. The minimum absolute atomic E-state index is 0.102. The Morgan fingerprint density at radius 3 is 1.96 bits per heavy atom. The number of benzene rings is 3. The van der Waals surface area contributed by atoms with Crippen LogP contribution >= 0.6 is 11.6 Å². The van der Waals surface area contributed by atoms with E-state index < -0.39 is 0 Å². The summed E-state index contributed by atoms with van der Waals surface area (Å²) < 4.78 is 0. The van der Waals surface area contributed by atoms with E-state index in [0.717, 1.165) is 5.56 Å². The Labute approximate surface area is 156 Å². The highest BCUT2D eigenvalue weighted by molar-refractivity contribution is 6.30. The largest absolute Gasteiger partial charge is 0.326 e. The molecule has 130 valence electrons. The maximum atomic E-state index is 12.2. The summed E-state index contributed by atoms with van der Waals surface area (Å²) in [4.78, 5) is 24.3.